The molecule has 1 nitrogen and oxygen atoms in total. The molecule has 0 radical (unpaired) electrons. The van der Waals surface area contributed by atoms with E-state index in [-0.39, 0.29) is 0 Å². The predicted octanol–water partition coefficient (Wildman–Crippen LogP) is 4.10. The SMILES string of the molecule is C=C(Br)CNCc1cc(Cl)ccc1Br. The fourth-order valence-corrected chi connectivity index (χ4v) is 1.79. The minimum atomic E-state index is 0.749. The molecule has 14 heavy (non-hydrogen) atoms. The third-order valence-electron chi connectivity index (χ3n) is 1.64. The quantitative estimate of drug-likeness (QED) is 0.871. The summed E-state index contributed by atoms with van der Waals surface area (Å²) >= 11 is 12.6. The Bertz CT molecular complexity index is 339. The van der Waals surface area contributed by atoms with Crippen LogP contribution in [0.2, 0.25) is 5.02 Å². The summed E-state index contributed by atoms with van der Waals surface area (Å²) in [5, 5.41) is 3.99. The average molecular weight is 339 g/mol. The van der Waals surface area contributed by atoms with Gasteiger partial charge in [-0.1, -0.05) is 50.0 Å². The molecule has 0 unspecified atom stereocenters. The first kappa shape index (κ1) is 12.2. The van der Waals surface area contributed by atoms with E-state index in [9.17, 15) is 0 Å². The van der Waals surface area contributed by atoms with Crippen LogP contribution in [-0.4, -0.2) is 6.54 Å². The van der Waals surface area contributed by atoms with Crippen LogP contribution in [0.5, 0.6) is 0 Å². The zero-order valence-corrected chi connectivity index (χ0v) is 11.4. The van der Waals surface area contributed by atoms with Crippen LogP contribution in [0.25, 0.3) is 0 Å². The zero-order valence-electron chi connectivity index (χ0n) is 7.49. The molecular formula is C10H10Br2ClN. The first-order valence-electron chi connectivity index (χ1n) is 4.07. The van der Waals surface area contributed by atoms with Crippen molar-refractivity contribution in [3.05, 3.63) is 44.3 Å². The van der Waals surface area contributed by atoms with Gasteiger partial charge in [0.25, 0.3) is 0 Å². The Hall–Kier alpha value is 0.170. The molecule has 1 aromatic carbocycles. The van der Waals surface area contributed by atoms with Gasteiger partial charge in [-0.15, -0.1) is 0 Å². The second-order valence-corrected chi connectivity index (χ2v) is 5.27. The molecule has 0 saturated heterocycles. The third-order valence-corrected chi connectivity index (χ3v) is 2.93. The summed E-state index contributed by atoms with van der Waals surface area (Å²) < 4.78 is 2.00. The standard InChI is InChI=1S/C10H10Br2ClN/c1-7(11)5-14-6-8-4-9(13)2-3-10(8)12/h2-4,14H,1,5-6H2. The molecule has 76 valence electrons. The number of nitrogens with one attached hydrogen (secondary N) is 1. The lowest BCUT2D eigenvalue weighted by Gasteiger charge is -2.06. The number of hydrogen-bond donors (Lipinski definition) is 1. The smallest absolute Gasteiger partial charge is 0.0410 e. The van der Waals surface area contributed by atoms with Crippen molar-refractivity contribution in [1.29, 1.82) is 0 Å². The summed E-state index contributed by atoms with van der Waals surface area (Å²) in [6.45, 7) is 5.26. The van der Waals surface area contributed by atoms with Crippen molar-refractivity contribution in [3.63, 3.8) is 0 Å². The van der Waals surface area contributed by atoms with E-state index < -0.39 is 0 Å². The molecule has 1 N–H and O–H groups in total. The van der Waals surface area contributed by atoms with Crippen molar-refractivity contribution >= 4 is 43.5 Å². The summed E-state index contributed by atoms with van der Waals surface area (Å²) in [4.78, 5) is 0. The van der Waals surface area contributed by atoms with Crippen LogP contribution in [-0.2, 0) is 6.54 Å². The highest BCUT2D eigenvalue weighted by Crippen LogP contribution is 2.20. The van der Waals surface area contributed by atoms with Crippen molar-refractivity contribution in [2.24, 2.45) is 0 Å². The maximum Gasteiger partial charge on any atom is 0.0410 e. The summed E-state index contributed by atoms with van der Waals surface area (Å²) in [5.41, 5.74) is 1.14. The van der Waals surface area contributed by atoms with Crippen molar-refractivity contribution in [2.75, 3.05) is 6.54 Å². The molecule has 0 heterocycles. The predicted molar refractivity (Wildman–Crippen MR) is 68.9 cm³/mol. The molecule has 0 bridgehead atoms. The summed E-state index contributed by atoms with van der Waals surface area (Å²) in [7, 11) is 0. The Morgan fingerprint density at radius 3 is 2.86 bits per heavy atom. The van der Waals surface area contributed by atoms with Gasteiger partial charge in [0.15, 0.2) is 0 Å². The highest BCUT2D eigenvalue weighted by Gasteiger charge is 2.00. The normalized spacial score (nSPS) is 10.2. The summed E-state index contributed by atoms with van der Waals surface area (Å²) in [6.07, 6.45) is 0. The number of halogens is 3. The summed E-state index contributed by atoms with van der Waals surface area (Å²) in [6, 6.07) is 5.75. The van der Waals surface area contributed by atoms with Crippen LogP contribution in [0, 0.1) is 0 Å². The number of benzene rings is 1. The van der Waals surface area contributed by atoms with Gasteiger partial charge in [0.05, 0.1) is 0 Å². The van der Waals surface area contributed by atoms with Crippen molar-refractivity contribution in [2.45, 2.75) is 6.54 Å². The van der Waals surface area contributed by atoms with E-state index in [4.69, 9.17) is 11.6 Å². The largest absolute Gasteiger partial charge is 0.308 e. The second-order valence-electron chi connectivity index (χ2n) is 2.86. The fraction of sp³-hybridized carbons (Fsp3) is 0.200. The lowest BCUT2D eigenvalue weighted by Crippen LogP contribution is -2.14. The molecule has 0 fully saturated rings. The lowest BCUT2D eigenvalue weighted by atomic mass is 10.2. The van der Waals surface area contributed by atoms with Crippen molar-refractivity contribution in [1.82, 2.24) is 5.32 Å². The van der Waals surface area contributed by atoms with Crippen LogP contribution >= 0.6 is 43.5 Å². The van der Waals surface area contributed by atoms with Gasteiger partial charge in [-0.25, -0.2) is 0 Å². The average Bonchev–Trinajstić information content (AvgIpc) is 2.10. The molecular weight excluding hydrogens is 329 g/mol. The van der Waals surface area contributed by atoms with E-state index >= 15 is 0 Å². The molecule has 1 rings (SSSR count). The van der Waals surface area contributed by atoms with Gasteiger partial charge in [-0.2, -0.15) is 0 Å². The molecule has 0 atom stereocenters. The molecule has 4 heteroatoms. The van der Waals surface area contributed by atoms with E-state index in [2.05, 4.69) is 43.8 Å². The molecule has 0 aromatic heterocycles. The molecule has 1 aromatic rings. The van der Waals surface area contributed by atoms with Crippen molar-refractivity contribution in [3.8, 4) is 0 Å². The number of rotatable bonds is 4. The molecule has 0 saturated carbocycles. The summed E-state index contributed by atoms with van der Waals surface area (Å²) in [5.74, 6) is 0. The van der Waals surface area contributed by atoms with Crippen LogP contribution in [0.4, 0.5) is 0 Å². The molecule has 0 aliphatic heterocycles. The Kier molecular flexibility index (Phi) is 5.17. The van der Waals surface area contributed by atoms with E-state index in [0.717, 1.165) is 32.6 Å². The minimum absolute atomic E-state index is 0.749. The van der Waals surface area contributed by atoms with E-state index in [1.54, 1.807) is 0 Å². The van der Waals surface area contributed by atoms with Crippen LogP contribution < -0.4 is 5.32 Å². The van der Waals surface area contributed by atoms with E-state index in [1.165, 1.54) is 0 Å². The highest BCUT2D eigenvalue weighted by molar-refractivity contribution is 9.11. The molecule has 0 amide bonds. The van der Waals surface area contributed by atoms with Gasteiger partial charge in [0.2, 0.25) is 0 Å². The van der Waals surface area contributed by atoms with Crippen LogP contribution in [0.1, 0.15) is 5.56 Å². The van der Waals surface area contributed by atoms with Gasteiger partial charge < -0.3 is 5.32 Å². The fourth-order valence-electron chi connectivity index (χ4n) is 1.01. The maximum absolute atomic E-state index is 5.88. The Morgan fingerprint density at radius 2 is 2.21 bits per heavy atom. The highest BCUT2D eigenvalue weighted by atomic mass is 79.9. The van der Waals surface area contributed by atoms with Gasteiger partial charge in [0, 0.05) is 27.1 Å². The molecule has 0 aliphatic rings. The van der Waals surface area contributed by atoms with Gasteiger partial charge in [-0.05, 0) is 23.8 Å². The zero-order chi connectivity index (χ0) is 10.6. The van der Waals surface area contributed by atoms with Crippen molar-refractivity contribution < 1.29 is 0 Å². The Balaban J connectivity index is 2.57. The maximum atomic E-state index is 5.88. The van der Waals surface area contributed by atoms with Gasteiger partial charge >= 0.3 is 0 Å². The first-order chi connectivity index (χ1) is 6.59. The lowest BCUT2D eigenvalue weighted by molar-refractivity contribution is 0.755. The monoisotopic (exact) mass is 337 g/mol. The topological polar surface area (TPSA) is 12.0 Å². The Labute approximate surface area is 106 Å². The Morgan fingerprint density at radius 1 is 1.50 bits per heavy atom. The third kappa shape index (κ3) is 4.13. The number of hydrogen-bond acceptors (Lipinski definition) is 1. The van der Waals surface area contributed by atoms with Gasteiger partial charge in [0.1, 0.15) is 0 Å². The first-order valence-corrected chi connectivity index (χ1v) is 6.04. The molecule has 0 aliphatic carbocycles. The van der Waals surface area contributed by atoms with E-state index in [1.807, 2.05) is 18.2 Å². The van der Waals surface area contributed by atoms with Crippen LogP contribution in [0.15, 0.2) is 33.7 Å². The molecule has 0 spiro atoms. The minimum Gasteiger partial charge on any atom is -0.308 e. The van der Waals surface area contributed by atoms with Gasteiger partial charge in [-0.3, -0.25) is 0 Å². The second kappa shape index (κ2) is 5.91. The van der Waals surface area contributed by atoms with Crippen LogP contribution in [0.3, 0.4) is 0 Å². The van der Waals surface area contributed by atoms with E-state index in [0.29, 0.717) is 0 Å².